The van der Waals surface area contributed by atoms with Gasteiger partial charge >= 0.3 is 6.18 Å². The number of hydrogen-bond donors (Lipinski definition) is 1. The maximum atomic E-state index is 13.8. The topological polar surface area (TPSA) is 26.0 Å². The molecule has 2 N–H and O–H groups in total. The van der Waals surface area contributed by atoms with Gasteiger partial charge in [0.2, 0.25) is 0 Å². The summed E-state index contributed by atoms with van der Waals surface area (Å²) >= 11 is 0. The number of halogens is 4. The molecular weight excluding hydrogens is 258 g/mol. The average molecular weight is 275 g/mol. The lowest BCUT2D eigenvalue weighted by molar-refractivity contribution is -0.137. The Kier molecular flexibility index (Phi) is 4.13. The summed E-state index contributed by atoms with van der Waals surface area (Å²) in [5.41, 5.74) is 5.23. The summed E-state index contributed by atoms with van der Waals surface area (Å²) in [5.74, 6) is -0.687. The van der Waals surface area contributed by atoms with Crippen LogP contribution < -0.4 is 5.73 Å². The Morgan fingerprint density at radius 2 is 1.74 bits per heavy atom. The third-order valence-corrected chi connectivity index (χ3v) is 3.84. The van der Waals surface area contributed by atoms with Gasteiger partial charge in [0.05, 0.1) is 5.56 Å². The molecule has 1 aromatic rings. The van der Waals surface area contributed by atoms with E-state index in [1.807, 2.05) is 0 Å². The standard InChI is InChI=1S/C14H17F4N/c15-12-8-10(14(16,17)18)6-7-11(12)13(19)9-4-2-1-3-5-9/h6-9,13H,1-5,19H2/t13-/m1/s1. The summed E-state index contributed by atoms with van der Waals surface area (Å²) in [6, 6.07) is 2.11. The van der Waals surface area contributed by atoms with E-state index in [9.17, 15) is 17.6 Å². The van der Waals surface area contributed by atoms with Gasteiger partial charge < -0.3 is 5.73 Å². The van der Waals surface area contributed by atoms with Crippen molar-refractivity contribution in [2.45, 2.75) is 44.3 Å². The summed E-state index contributed by atoms with van der Waals surface area (Å²) in [6.45, 7) is 0. The summed E-state index contributed by atoms with van der Waals surface area (Å²) in [5, 5.41) is 0. The molecule has 0 heterocycles. The van der Waals surface area contributed by atoms with Crippen LogP contribution in [0.15, 0.2) is 18.2 Å². The van der Waals surface area contributed by atoms with Crippen molar-refractivity contribution >= 4 is 0 Å². The quantitative estimate of drug-likeness (QED) is 0.794. The van der Waals surface area contributed by atoms with E-state index >= 15 is 0 Å². The number of hydrogen-bond acceptors (Lipinski definition) is 1. The average Bonchev–Trinajstić information content (AvgIpc) is 2.38. The van der Waals surface area contributed by atoms with E-state index < -0.39 is 23.6 Å². The van der Waals surface area contributed by atoms with E-state index in [-0.39, 0.29) is 11.5 Å². The molecule has 1 atom stereocenters. The molecular formula is C14H17F4N. The molecule has 1 nitrogen and oxygen atoms in total. The summed E-state index contributed by atoms with van der Waals surface area (Å²) in [4.78, 5) is 0. The predicted molar refractivity (Wildman–Crippen MR) is 64.9 cm³/mol. The van der Waals surface area contributed by atoms with Crippen molar-refractivity contribution in [3.8, 4) is 0 Å². The van der Waals surface area contributed by atoms with Crippen LogP contribution in [0, 0.1) is 11.7 Å². The predicted octanol–water partition coefficient (Wildman–Crippen LogP) is 4.42. The highest BCUT2D eigenvalue weighted by Crippen LogP contribution is 2.36. The lowest BCUT2D eigenvalue weighted by atomic mass is 9.81. The highest BCUT2D eigenvalue weighted by atomic mass is 19.4. The van der Waals surface area contributed by atoms with Gasteiger partial charge in [-0.25, -0.2) is 4.39 Å². The van der Waals surface area contributed by atoms with Gasteiger partial charge in [-0.2, -0.15) is 13.2 Å². The molecule has 106 valence electrons. The second kappa shape index (κ2) is 5.49. The first-order valence-corrected chi connectivity index (χ1v) is 6.52. The minimum atomic E-state index is -4.52. The van der Waals surface area contributed by atoms with E-state index in [4.69, 9.17) is 5.73 Å². The summed E-state index contributed by atoms with van der Waals surface area (Å²) in [7, 11) is 0. The fraction of sp³-hybridized carbons (Fsp3) is 0.571. The minimum Gasteiger partial charge on any atom is -0.324 e. The Morgan fingerprint density at radius 1 is 1.11 bits per heavy atom. The molecule has 0 saturated heterocycles. The molecule has 0 unspecified atom stereocenters. The number of rotatable bonds is 2. The molecule has 0 spiro atoms. The fourth-order valence-electron chi connectivity index (χ4n) is 2.72. The van der Waals surface area contributed by atoms with Crippen LogP contribution >= 0.6 is 0 Å². The van der Waals surface area contributed by atoms with Crippen LogP contribution in [0.2, 0.25) is 0 Å². The summed E-state index contributed by atoms with van der Waals surface area (Å²) in [6.07, 6.45) is 0.581. The third kappa shape index (κ3) is 3.26. The van der Waals surface area contributed by atoms with E-state index in [0.29, 0.717) is 6.07 Å². The number of nitrogens with two attached hydrogens (primary N) is 1. The second-order valence-corrected chi connectivity index (χ2v) is 5.16. The normalized spacial score (nSPS) is 19.4. The molecule has 0 radical (unpaired) electrons. The minimum absolute atomic E-state index is 0.167. The second-order valence-electron chi connectivity index (χ2n) is 5.16. The molecule has 5 heteroatoms. The first-order valence-electron chi connectivity index (χ1n) is 6.52. The Morgan fingerprint density at radius 3 is 2.26 bits per heavy atom. The van der Waals surface area contributed by atoms with Crippen molar-refractivity contribution in [3.63, 3.8) is 0 Å². The monoisotopic (exact) mass is 275 g/mol. The van der Waals surface area contributed by atoms with E-state index in [1.165, 1.54) is 6.07 Å². The molecule has 1 aliphatic rings. The Balaban J connectivity index is 2.20. The van der Waals surface area contributed by atoms with Crippen molar-refractivity contribution in [3.05, 3.63) is 35.1 Å². The lowest BCUT2D eigenvalue weighted by Gasteiger charge is -2.28. The molecule has 2 rings (SSSR count). The smallest absolute Gasteiger partial charge is 0.324 e. The zero-order chi connectivity index (χ0) is 14.0. The molecule has 1 fully saturated rings. The third-order valence-electron chi connectivity index (χ3n) is 3.84. The van der Waals surface area contributed by atoms with Gasteiger partial charge in [0.15, 0.2) is 0 Å². The Hall–Kier alpha value is -1.10. The molecule has 1 saturated carbocycles. The van der Waals surface area contributed by atoms with Gasteiger partial charge in [-0.1, -0.05) is 25.3 Å². The van der Waals surface area contributed by atoms with Crippen molar-refractivity contribution in [1.29, 1.82) is 0 Å². The highest BCUT2D eigenvalue weighted by Gasteiger charge is 2.32. The first kappa shape index (κ1) is 14.3. The fourth-order valence-corrected chi connectivity index (χ4v) is 2.72. The van der Waals surface area contributed by atoms with Crippen LogP contribution in [0.1, 0.15) is 49.3 Å². The van der Waals surface area contributed by atoms with Crippen molar-refractivity contribution in [2.75, 3.05) is 0 Å². The van der Waals surface area contributed by atoms with Crippen molar-refractivity contribution < 1.29 is 17.6 Å². The Labute approximate surface area is 109 Å². The van der Waals surface area contributed by atoms with Crippen LogP contribution in [0.25, 0.3) is 0 Å². The van der Waals surface area contributed by atoms with Gasteiger partial charge in [-0.3, -0.25) is 0 Å². The van der Waals surface area contributed by atoms with E-state index in [2.05, 4.69) is 0 Å². The number of benzene rings is 1. The number of alkyl halides is 3. The molecule has 0 amide bonds. The Bertz CT molecular complexity index is 436. The van der Waals surface area contributed by atoms with Crippen LogP contribution in [0.5, 0.6) is 0 Å². The van der Waals surface area contributed by atoms with Gasteiger partial charge in [0, 0.05) is 11.6 Å². The van der Waals surface area contributed by atoms with Gasteiger partial charge in [-0.05, 0) is 30.9 Å². The maximum absolute atomic E-state index is 13.8. The SMILES string of the molecule is N[C@@H](c1ccc(C(F)(F)F)cc1F)C1CCCCC1. The van der Waals surface area contributed by atoms with E-state index in [0.717, 1.165) is 38.2 Å². The molecule has 0 aromatic heterocycles. The summed E-state index contributed by atoms with van der Waals surface area (Å²) < 4.78 is 51.2. The van der Waals surface area contributed by atoms with Gasteiger partial charge in [0.25, 0.3) is 0 Å². The van der Waals surface area contributed by atoms with Crippen molar-refractivity contribution in [1.82, 2.24) is 0 Å². The van der Waals surface area contributed by atoms with Crippen LogP contribution in [0.3, 0.4) is 0 Å². The van der Waals surface area contributed by atoms with E-state index in [1.54, 1.807) is 0 Å². The van der Waals surface area contributed by atoms with Crippen LogP contribution in [0.4, 0.5) is 17.6 Å². The zero-order valence-corrected chi connectivity index (χ0v) is 10.5. The molecule has 19 heavy (non-hydrogen) atoms. The molecule has 1 aliphatic carbocycles. The molecule has 0 bridgehead atoms. The van der Waals surface area contributed by atoms with Gasteiger partial charge in [0.1, 0.15) is 5.82 Å². The maximum Gasteiger partial charge on any atom is 0.416 e. The van der Waals surface area contributed by atoms with Crippen LogP contribution in [-0.2, 0) is 6.18 Å². The highest BCUT2D eigenvalue weighted by molar-refractivity contribution is 5.28. The molecule has 1 aromatic carbocycles. The zero-order valence-electron chi connectivity index (χ0n) is 10.5. The van der Waals surface area contributed by atoms with Crippen LogP contribution in [-0.4, -0.2) is 0 Å². The van der Waals surface area contributed by atoms with Gasteiger partial charge in [-0.15, -0.1) is 0 Å². The first-order chi connectivity index (χ1) is 8.89. The van der Waals surface area contributed by atoms with Crippen molar-refractivity contribution in [2.24, 2.45) is 11.7 Å². The lowest BCUT2D eigenvalue weighted by Crippen LogP contribution is -2.24. The largest absolute Gasteiger partial charge is 0.416 e. The molecule has 0 aliphatic heterocycles.